The minimum atomic E-state index is -1.88. The Morgan fingerprint density at radius 3 is 2.17 bits per heavy atom. The molecule has 4 rings (SSSR count). The van der Waals surface area contributed by atoms with Crippen LogP contribution in [0.15, 0.2) is 88.6 Å². The van der Waals surface area contributed by atoms with Crippen molar-refractivity contribution < 1.29 is 25.1 Å². The second-order valence-corrected chi connectivity index (χ2v) is 17.3. The summed E-state index contributed by atoms with van der Waals surface area (Å²) in [4.78, 5) is 24.0. The molecule has 11 nitrogen and oxygen atoms in total. The lowest BCUT2D eigenvalue weighted by molar-refractivity contribution is -0.273. The van der Waals surface area contributed by atoms with Gasteiger partial charge in [-0.1, -0.05) is 130 Å². The highest BCUT2D eigenvalue weighted by atomic mass is 16.9. The number of nitrogens with zero attached hydrogens (tertiary/aromatic N) is 4. The number of hydrogen-bond donors (Lipinski definition) is 5. The summed E-state index contributed by atoms with van der Waals surface area (Å²) >= 11 is 0. The Hall–Kier alpha value is -4.68. The van der Waals surface area contributed by atoms with Gasteiger partial charge < -0.3 is 15.2 Å². The average Bonchev–Trinajstić information content (AvgIpc) is 3.41. The van der Waals surface area contributed by atoms with E-state index in [-0.39, 0.29) is 40.6 Å². The lowest BCUT2D eigenvalue weighted by Crippen LogP contribution is -2.48. The Balaban J connectivity index is 0.00000164. The van der Waals surface area contributed by atoms with Gasteiger partial charge in [-0.25, -0.2) is 9.78 Å². The zero-order valence-corrected chi connectivity index (χ0v) is 39.0. The van der Waals surface area contributed by atoms with Crippen molar-refractivity contribution in [2.75, 3.05) is 12.0 Å². The molecular weight excluding hydrogens is 753 g/mol. The monoisotopic (exact) mass is 828 g/mol. The zero-order valence-electron chi connectivity index (χ0n) is 39.0. The van der Waals surface area contributed by atoms with Gasteiger partial charge in [-0.05, 0) is 88.0 Å². The molecule has 2 aromatic carbocycles. The lowest BCUT2D eigenvalue weighted by atomic mass is 9.86. The number of aromatic nitrogens is 2. The Kier molecular flexibility index (Phi) is 21.1. The molecule has 1 aliphatic rings. The van der Waals surface area contributed by atoms with Crippen molar-refractivity contribution in [3.05, 3.63) is 100 Å². The number of hydrogen-bond acceptors (Lipinski definition) is 9. The highest BCUT2D eigenvalue weighted by Gasteiger charge is 2.31. The highest BCUT2D eigenvalue weighted by Crippen LogP contribution is 2.31. The molecule has 11 heteroatoms. The van der Waals surface area contributed by atoms with E-state index in [2.05, 4.69) is 115 Å². The largest absolute Gasteiger partial charge is 0.478 e. The summed E-state index contributed by atoms with van der Waals surface area (Å²) in [5.41, 5.74) is 10.1. The number of carboxylic acid groups (broad SMARTS) is 1. The number of aryl methyl sites for hydroxylation is 2. The zero-order chi connectivity index (χ0) is 45.2. The number of benzene rings is 2. The standard InChI is InChI=1S/C42H56N6O5.C4H10.C3H8/c1-10-16-31(23-29(5)42(7,8)9)30(6)43-35(11-2)36-22-13-12-20-33(44-36)26-53-38-25-37(39-27(3)17-14-18-28(39)4)45-41(46-38)47-48(51,52)34-21-15-19-32(24-34)40(49)50;1-4(2)3;1-3-2/h11,14-19,21,23-25,33,36,44,51-52H,10,12-13,20,22,26H2,1-9H3,(H-,45,46,47,49,50);4H,1-3H3;3H2,1-2H3/p+1/b29-23+,31-16-,35-11-,43-30-;;. The summed E-state index contributed by atoms with van der Waals surface area (Å²) in [6.45, 7) is 30.1. The molecule has 330 valence electrons. The number of carboxylic acids is 1. The number of ether oxygens (including phenoxy) is 1. The van der Waals surface area contributed by atoms with E-state index >= 15 is 0 Å². The smallest absolute Gasteiger partial charge is 0.335 e. The molecule has 2 unspecified atom stereocenters. The Morgan fingerprint density at radius 1 is 1.00 bits per heavy atom. The van der Waals surface area contributed by atoms with Crippen LogP contribution in [0, 0.1) is 25.2 Å². The predicted molar refractivity (Wildman–Crippen MR) is 249 cm³/mol. The summed E-state index contributed by atoms with van der Waals surface area (Å²) < 4.78 is 6.37. The summed E-state index contributed by atoms with van der Waals surface area (Å²) in [7, 11) is 0. The van der Waals surface area contributed by atoms with Gasteiger partial charge in [-0.15, -0.1) is 15.8 Å². The summed E-state index contributed by atoms with van der Waals surface area (Å²) in [6.07, 6.45) is 12.7. The Morgan fingerprint density at radius 2 is 1.60 bits per heavy atom. The number of nitrogens with one attached hydrogen (secondary N) is 2. The number of quaternary nitrogens is 1. The van der Waals surface area contributed by atoms with Crippen molar-refractivity contribution in [1.29, 1.82) is 0 Å². The maximum atomic E-state index is 11.6. The van der Waals surface area contributed by atoms with Crippen molar-refractivity contribution in [1.82, 2.24) is 20.2 Å². The van der Waals surface area contributed by atoms with Crippen LogP contribution in [0.25, 0.3) is 11.3 Å². The van der Waals surface area contributed by atoms with E-state index in [4.69, 9.17) is 9.73 Å². The first kappa shape index (κ1) is 51.5. The number of anilines is 1. The first-order valence-electron chi connectivity index (χ1n) is 21.6. The summed E-state index contributed by atoms with van der Waals surface area (Å²) in [5, 5.41) is 35.3. The first-order valence-corrected chi connectivity index (χ1v) is 21.6. The van der Waals surface area contributed by atoms with Crippen molar-refractivity contribution >= 4 is 23.3 Å². The predicted octanol–water partition coefficient (Wildman–Crippen LogP) is 12.6. The van der Waals surface area contributed by atoms with Crippen molar-refractivity contribution in [3.8, 4) is 17.1 Å². The van der Waals surface area contributed by atoms with Crippen LogP contribution in [-0.2, 0) is 0 Å². The fraction of sp³-hybridized carbons (Fsp3) is 0.510. The number of aromatic carboxylic acids is 1. The SMILES string of the molecule is CC(C)C.CCC.C\C=C(/N=C(C)\C(=C/CC)\C=C(/C)C(C)(C)C)C1CCCCC(COc2cc(-c3c(C)cccc3C)nc(N[N+](O)(O)c3cccc(C(=O)O)c3)n2)N1. The van der Waals surface area contributed by atoms with Crippen LogP contribution in [0.4, 0.5) is 11.6 Å². The molecule has 0 amide bonds. The molecule has 1 fully saturated rings. The highest BCUT2D eigenvalue weighted by molar-refractivity contribution is 6.01. The van der Waals surface area contributed by atoms with Gasteiger partial charge in [0, 0.05) is 41.6 Å². The normalized spacial score (nSPS) is 16.9. The third-order valence-electron chi connectivity index (χ3n) is 9.66. The molecule has 1 aliphatic heterocycles. The molecule has 1 saturated heterocycles. The van der Waals surface area contributed by atoms with E-state index in [0.717, 1.165) is 77.8 Å². The topological polar surface area (TPSA) is 149 Å². The Bertz CT molecular complexity index is 1930. The minimum absolute atomic E-state index is 0.000905. The molecule has 5 N–H and O–H groups in total. The van der Waals surface area contributed by atoms with Crippen LogP contribution in [0.5, 0.6) is 5.88 Å². The molecule has 0 aliphatic carbocycles. The molecular formula is C49H75N6O5+. The first-order chi connectivity index (χ1) is 28.2. The maximum Gasteiger partial charge on any atom is 0.335 e. The van der Waals surface area contributed by atoms with Crippen LogP contribution >= 0.6 is 0 Å². The van der Waals surface area contributed by atoms with Gasteiger partial charge in [0.1, 0.15) is 6.61 Å². The number of aliphatic imine (C=N–C) groups is 1. The molecule has 2 atom stereocenters. The van der Waals surface area contributed by atoms with Gasteiger partial charge in [-0.3, -0.25) is 4.99 Å². The van der Waals surface area contributed by atoms with Crippen LogP contribution in [-0.4, -0.2) is 55.9 Å². The van der Waals surface area contributed by atoms with Gasteiger partial charge >= 0.3 is 5.97 Å². The van der Waals surface area contributed by atoms with Crippen LogP contribution < -0.4 is 20.4 Å². The minimum Gasteiger partial charge on any atom is -0.478 e. The fourth-order valence-corrected chi connectivity index (χ4v) is 6.26. The van der Waals surface area contributed by atoms with E-state index in [9.17, 15) is 20.3 Å². The molecule has 60 heavy (non-hydrogen) atoms. The second-order valence-electron chi connectivity index (χ2n) is 17.3. The fourth-order valence-electron chi connectivity index (χ4n) is 6.26. The van der Waals surface area contributed by atoms with Gasteiger partial charge in [0.25, 0.3) is 5.95 Å². The van der Waals surface area contributed by atoms with E-state index < -0.39 is 10.9 Å². The van der Waals surface area contributed by atoms with Crippen molar-refractivity contribution in [2.45, 2.75) is 148 Å². The van der Waals surface area contributed by atoms with Crippen LogP contribution in [0.3, 0.4) is 0 Å². The summed E-state index contributed by atoms with van der Waals surface area (Å²) in [6, 6.07) is 13.1. The molecule has 0 bridgehead atoms. The van der Waals surface area contributed by atoms with Gasteiger partial charge in [0.2, 0.25) is 11.6 Å². The van der Waals surface area contributed by atoms with Crippen LogP contribution in [0.2, 0.25) is 0 Å². The third-order valence-corrected chi connectivity index (χ3v) is 9.66. The van der Waals surface area contributed by atoms with E-state index in [1.54, 1.807) is 6.07 Å². The van der Waals surface area contributed by atoms with Gasteiger partial charge in [0.05, 0.1) is 21.9 Å². The second kappa shape index (κ2) is 24.5. The quantitative estimate of drug-likeness (QED) is 0.0491. The van der Waals surface area contributed by atoms with Gasteiger partial charge in [0.15, 0.2) is 0 Å². The van der Waals surface area contributed by atoms with E-state index in [1.165, 1.54) is 30.2 Å². The summed E-state index contributed by atoms with van der Waals surface area (Å²) in [5.74, 6) is -0.238. The average molecular weight is 828 g/mol. The molecule has 0 spiro atoms. The molecule has 0 radical (unpaired) electrons. The molecule has 3 aromatic rings. The van der Waals surface area contributed by atoms with Crippen molar-refractivity contribution in [3.63, 3.8) is 0 Å². The number of rotatable bonds is 13. The van der Waals surface area contributed by atoms with Gasteiger partial charge in [-0.2, -0.15) is 4.98 Å². The number of allylic oxidation sites excluding steroid dienone is 5. The van der Waals surface area contributed by atoms with Crippen LogP contribution in [0.1, 0.15) is 143 Å². The number of carbonyl (C=O) groups is 1. The molecule has 1 aromatic heterocycles. The molecule has 0 saturated carbocycles. The maximum absolute atomic E-state index is 11.6. The van der Waals surface area contributed by atoms with E-state index in [0.29, 0.717) is 12.3 Å². The lowest BCUT2D eigenvalue weighted by Gasteiger charge is -2.24. The molecule has 2 heterocycles. The third kappa shape index (κ3) is 16.8. The van der Waals surface area contributed by atoms with Crippen molar-refractivity contribution in [2.24, 2.45) is 16.3 Å². The van der Waals surface area contributed by atoms with E-state index in [1.807, 2.05) is 39.0 Å². The Labute approximate surface area is 360 Å².